The Kier molecular flexibility index (Phi) is 12.7. The highest BCUT2D eigenvalue weighted by Gasteiger charge is 2.55. The van der Waals surface area contributed by atoms with Crippen LogP contribution in [0.5, 0.6) is 0 Å². The van der Waals surface area contributed by atoms with E-state index in [9.17, 15) is 43.8 Å². The molecule has 0 saturated carbocycles. The number of nitrogens with two attached hydrogens (primary N) is 2. The number of β-lactam (4-membered cyclic amide) rings is 2. The molecule has 2 aromatic heterocycles. The summed E-state index contributed by atoms with van der Waals surface area (Å²) in [6.45, 7) is 4.44. The summed E-state index contributed by atoms with van der Waals surface area (Å²) in [4.78, 5) is 103. The van der Waals surface area contributed by atoms with Crippen molar-refractivity contribution in [2.24, 2.45) is 10.3 Å². The molecule has 56 heavy (non-hydrogen) atoms. The first-order valence-electron chi connectivity index (χ1n) is 15.6. The molecule has 4 amide bonds. The van der Waals surface area contributed by atoms with Crippen LogP contribution >= 0.6 is 46.2 Å². The Morgan fingerprint density at radius 1 is 0.875 bits per heavy atom. The highest BCUT2D eigenvalue weighted by molar-refractivity contribution is 8.00. The molecule has 0 radical (unpaired) electrons. The van der Waals surface area contributed by atoms with Gasteiger partial charge in [-0.15, -0.1) is 46.2 Å². The smallest absolute Gasteiger partial charge is 0.352 e. The fraction of sp³-hybridized carbons (Fsp3) is 0.300. The van der Waals surface area contributed by atoms with E-state index in [4.69, 9.17) is 16.6 Å². The number of nitrogens with one attached hydrogen (secondary N) is 2. The molecule has 2 saturated heterocycles. The van der Waals surface area contributed by atoms with Crippen LogP contribution in [0.3, 0.4) is 0 Å². The van der Waals surface area contributed by atoms with Gasteiger partial charge in [0.05, 0.1) is 0 Å². The molecule has 4 atom stereocenters. The minimum absolute atomic E-state index is 0.0256. The van der Waals surface area contributed by atoms with Gasteiger partial charge in [0, 0.05) is 22.3 Å². The summed E-state index contributed by atoms with van der Waals surface area (Å²) < 4.78 is 0. The normalized spacial score (nSPS) is 21.7. The van der Waals surface area contributed by atoms with Crippen LogP contribution in [0.15, 0.2) is 56.3 Å². The van der Waals surface area contributed by atoms with E-state index in [2.05, 4.69) is 47.2 Å². The number of carbonyl (C=O) groups is 7. The Hall–Kier alpha value is -5.99. The SMILES string of the molecule is C=CC1=C(C(=O)O)N2C(=O)[C@@H](NC(=O)/C(=N\OCC(=O)O)c3csc(N)n3)[C@H]2SC1.CO/N=C(\C(=O)N[C@@H]1C(=O)N2C(C(=O)O)=C(C)CS[C@H]12)c1csc(N)n1. The molecule has 0 unspecified atom stereocenters. The molecule has 2 fully saturated rings. The van der Waals surface area contributed by atoms with Gasteiger partial charge in [-0.3, -0.25) is 29.0 Å². The van der Waals surface area contributed by atoms with E-state index in [0.717, 1.165) is 27.6 Å². The Bertz CT molecular complexity index is 2150. The molecule has 0 aliphatic carbocycles. The zero-order chi connectivity index (χ0) is 41.0. The number of thioether (sulfide) groups is 2. The van der Waals surface area contributed by atoms with E-state index >= 15 is 0 Å². The van der Waals surface area contributed by atoms with Gasteiger partial charge in [0.15, 0.2) is 21.7 Å². The summed E-state index contributed by atoms with van der Waals surface area (Å²) >= 11 is 4.82. The van der Waals surface area contributed by atoms with Crippen LogP contribution < -0.4 is 22.1 Å². The standard InChI is InChI=1S/C16H15N5O7S2.C14H15N5O5S2/c1-2-6-4-29-14-10(13(25)21(14)11(6)15(26)27)19-12(24)9(20-28-3-8(22)23)7-5-30-16(17)18-7;1-5-3-25-12-8(11(21)19(12)9(5)13(22)23)17-10(20)7(18-24-2)6-4-26-14(15)16-6/h2,5,10,14H,1,3-4H2,(H2,17,18)(H,19,24)(H,22,23)(H,26,27);4,8,12H,3H2,1-2H3,(H2,15,16)(H,17,20)(H,22,23)/b20-9-;18-7-/t10-,14-;8-,12-/m11/s1. The number of carbonyl (C=O) groups excluding carboxylic acids is 4. The minimum Gasteiger partial charge on any atom is -0.479 e. The van der Waals surface area contributed by atoms with Gasteiger partial charge in [0.2, 0.25) is 6.61 Å². The summed E-state index contributed by atoms with van der Waals surface area (Å²) in [7, 11) is 1.28. The second-order valence-electron chi connectivity index (χ2n) is 11.4. The third kappa shape index (κ3) is 8.31. The lowest BCUT2D eigenvalue weighted by Crippen LogP contribution is -2.71. The lowest BCUT2D eigenvalue weighted by Gasteiger charge is -2.49. The van der Waals surface area contributed by atoms with Crippen molar-refractivity contribution in [3.05, 3.63) is 57.3 Å². The summed E-state index contributed by atoms with van der Waals surface area (Å²) in [6.07, 6.45) is 1.38. The monoisotopic (exact) mass is 850 g/mol. The average Bonchev–Trinajstić information content (AvgIpc) is 3.79. The molecule has 0 aromatic carbocycles. The number of allylic oxidation sites excluding steroid dienone is 1. The number of carboxylic acids is 3. The maximum atomic E-state index is 12.7. The molecule has 22 nitrogen and oxygen atoms in total. The summed E-state index contributed by atoms with van der Waals surface area (Å²) in [5.41, 5.74) is 11.7. The number of thiazole rings is 2. The number of oxime groups is 2. The molecular weight excluding hydrogens is 821 g/mol. The predicted molar refractivity (Wildman–Crippen MR) is 202 cm³/mol. The zero-order valence-electron chi connectivity index (χ0n) is 28.9. The van der Waals surface area contributed by atoms with Gasteiger partial charge in [-0.25, -0.2) is 24.4 Å². The third-order valence-corrected chi connectivity index (χ3v) is 11.9. The molecule has 296 valence electrons. The van der Waals surface area contributed by atoms with E-state index < -0.39 is 71.0 Å². The van der Waals surface area contributed by atoms with E-state index in [1.807, 2.05) is 0 Å². The van der Waals surface area contributed by atoms with Gasteiger partial charge in [-0.2, -0.15) is 0 Å². The number of hydrogen-bond donors (Lipinski definition) is 7. The molecular formula is C30H30N10O12S4. The number of fused-ring (bicyclic) bond motifs is 2. The molecule has 0 spiro atoms. The van der Waals surface area contributed by atoms with E-state index in [-0.39, 0.29) is 44.5 Å². The fourth-order valence-corrected chi connectivity index (χ4v) is 9.17. The lowest BCUT2D eigenvalue weighted by atomic mass is 10.0. The van der Waals surface area contributed by atoms with Crippen molar-refractivity contribution in [2.75, 3.05) is 36.7 Å². The number of aliphatic carboxylic acids is 3. The van der Waals surface area contributed by atoms with Crippen LogP contribution in [0.1, 0.15) is 18.3 Å². The van der Waals surface area contributed by atoms with Crippen LogP contribution in [0.2, 0.25) is 0 Å². The summed E-state index contributed by atoms with van der Waals surface area (Å²) in [6, 6.07) is -1.86. The Balaban J connectivity index is 0.000000216. The van der Waals surface area contributed by atoms with Crippen LogP contribution in [0.25, 0.3) is 0 Å². The molecule has 4 aliphatic heterocycles. The van der Waals surface area contributed by atoms with E-state index in [1.54, 1.807) is 12.3 Å². The van der Waals surface area contributed by atoms with Gasteiger partial charge in [0.25, 0.3) is 23.6 Å². The van der Waals surface area contributed by atoms with E-state index in [1.165, 1.54) is 47.0 Å². The van der Waals surface area contributed by atoms with Gasteiger partial charge in [-0.1, -0.05) is 23.0 Å². The predicted octanol–water partition coefficient (Wildman–Crippen LogP) is -0.710. The summed E-state index contributed by atoms with van der Waals surface area (Å²) in [5, 5.41) is 41.9. The van der Waals surface area contributed by atoms with Crippen LogP contribution in [-0.4, -0.2) is 136 Å². The Labute approximate surface area is 331 Å². The van der Waals surface area contributed by atoms with Crippen molar-refractivity contribution in [3.63, 3.8) is 0 Å². The minimum atomic E-state index is -1.30. The average molecular weight is 851 g/mol. The molecule has 9 N–H and O–H groups in total. The second-order valence-corrected chi connectivity index (χ2v) is 15.4. The van der Waals surface area contributed by atoms with Gasteiger partial charge in [-0.05, 0) is 18.1 Å². The largest absolute Gasteiger partial charge is 0.479 e. The third-order valence-electron chi connectivity index (χ3n) is 7.87. The van der Waals surface area contributed by atoms with Gasteiger partial charge < -0.3 is 47.1 Å². The van der Waals surface area contributed by atoms with Crippen LogP contribution in [0.4, 0.5) is 10.3 Å². The molecule has 6 rings (SSSR count). The molecule has 6 heterocycles. The first-order valence-corrected chi connectivity index (χ1v) is 19.4. The summed E-state index contributed by atoms with van der Waals surface area (Å²) in [5.74, 6) is -5.56. The van der Waals surface area contributed by atoms with Crippen molar-refractivity contribution >= 4 is 109 Å². The molecule has 4 aliphatic rings. The van der Waals surface area contributed by atoms with Crippen molar-refractivity contribution in [2.45, 2.75) is 29.8 Å². The van der Waals surface area contributed by atoms with Crippen molar-refractivity contribution in [1.29, 1.82) is 0 Å². The highest BCUT2D eigenvalue weighted by atomic mass is 32.2. The number of nitrogens with zero attached hydrogens (tertiary/aromatic N) is 6. The molecule has 2 aromatic rings. The quantitative estimate of drug-likeness (QED) is 0.0743. The lowest BCUT2D eigenvalue weighted by molar-refractivity contribution is -0.150. The number of rotatable bonds is 13. The molecule has 26 heteroatoms. The van der Waals surface area contributed by atoms with Crippen molar-refractivity contribution in [1.82, 2.24) is 30.4 Å². The second kappa shape index (κ2) is 17.2. The van der Waals surface area contributed by atoms with Crippen molar-refractivity contribution < 1.29 is 58.6 Å². The number of carboxylic acid groups (broad SMARTS) is 3. The highest BCUT2D eigenvalue weighted by Crippen LogP contribution is 2.41. The number of nitrogen functional groups attached to an aromatic ring is 2. The first-order chi connectivity index (χ1) is 26.6. The number of anilines is 2. The number of hydrogen-bond acceptors (Lipinski definition) is 19. The topological polar surface area (TPSA) is 332 Å². The zero-order valence-corrected chi connectivity index (χ0v) is 32.1. The first kappa shape index (κ1) is 41.2. The fourth-order valence-electron chi connectivity index (χ4n) is 5.44. The maximum Gasteiger partial charge on any atom is 0.352 e. The van der Waals surface area contributed by atoms with Crippen molar-refractivity contribution in [3.8, 4) is 0 Å². The Morgan fingerprint density at radius 3 is 1.79 bits per heavy atom. The van der Waals surface area contributed by atoms with Gasteiger partial charge in [0.1, 0.15) is 52.7 Å². The number of aromatic nitrogens is 2. The Morgan fingerprint density at radius 2 is 1.36 bits per heavy atom. The number of amides is 4. The molecule has 0 bridgehead atoms. The van der Waals surface area contributed by atoms with Crippen LogP contribution in [0, 0.1) is 0 Å². The van der Waals surface area contributed by atoms with E-state index in [0.29, 0.717) is 22.7 Å². The van der Waals surface area contributed by atoms with Crippen LogP contribution in [-0.2, 0) is 43.2 Å². The maximum absolute atomic E-state index is 12.7. The van der Waals surface area contributed by atoms with Gasteiger partial charge >= 0.3 is 17.9 Å².